The van der Waals surface area contributed by atoms with Crippen molar-refractivity contribution in [2.45, 2.75) is 51.0 Å². The van der Waals surface area contributed by atoms with Crippen LogP contribution < -0.4 is 4.74 Å². The molecule has 3 aliphatic rings. The lowest BCUT2D eigenvalue weighted by Gasteiger charge is -2.36. The molecular formula is C26H21Br2FO4. The van der Waals surface area contributed by atoms with E-state index >= 15 is 0 Å². The molecule has 1 heterocycles. The normalized spacial score (nSPS) is 18.8. The standard InChI is InChI=1S/C26H21Br2FO4/c27-15-11-17(26(18(28)12-15)32-13-14-7-9-16(29)10-8-14)23-24-19(30)3-1-5-21(24)33-22-6-2-4-20(31)25(22)23/h7-12,23H,1-6,13H2. The summed E-state index contributed by atoms with van der Waals surface area (Å²) in [5, 5.41) is 0. The monoisotopic (exact) mass is 574 g/mol. The highest BCUT2D eigenvalue weighted by Crippen LogP contribution is 2.51. The third-order valence-corrected chi connectivity index (χ3v) is 7.33. The van der Waals surface area contributed by atoms with Crippen LogP contribution in [0.2, 0.25) is 0 Å². The van der Waals surface area contributed by atoms with Gasteiger partial charge in [-0.3, -0.25) is 9.59 Å². The molecule has 1 aliphatic heterocycles. The molecule has 0 N–H and O–H groups in total. The number of carbonyl (C=O) groups excluding carboxylic acids is 2. The zero-order valence-electron chi connectivity index (χ0n) is 17.8. The summed E-state index contributed by atoms with van der Waals surface area (Å²) in [5.41, 5.74) is 2.71. The molecule has 5 rings (SSSR count). The van der Waals surface area contributed by atoms with E-state index < -0.39 is 5.92 Å². The molecule has 2 aromatic carbocycles. The van der Waals surface area contributed by atoms with Gasteiger partial charge in [0.2, 0.25) is 0 Å². The number of ether oxygens (including phenoxy) is 2. The van der Waals surface area contributed by atoms with Crippen molar-refractivity contribution in [3.05, 3.63) is 85.0 Å². The number of allylic oxidation sites excluding steroid dienone is 4. The van der Waals surface area contributed by atoms with E-state index in [0.29, 0.717) is 58.6 Å². The number of ketones is 2. The summed E-state index contributed by atoms with van der Waals surface area (Å²) in [4.78, 5) is 26.2. The van der Waals surface area contributed by atoms with E-state index in [-0.39, 0.29) is 24.0 Å². The predicted octanol–water partition coefficient (Wildman–Crippen LogP) is 7.06. The SMILES string of the molecule is O=C1CCCC2=C1C(c1cc(Br)cc(Br)c1OCc1ccc(F)cc1)C1=C(CCCC1=O)O2. The summed E-state index contributed by atoms with van der Waals surface area (Å²) < 4.78 is 27.2. The highest BCUT2D eigenvalue weighted by Gasteiger charge is 2.43. The van der Waals surface area contributed by atoms with Gasteiger partial charge in [-0.1, -0.05) is 28.1 Å². The van der Waals surface area contributed by atoms with E-state index in [1.807, 2.05) is 12.1 Å². The molecule has 4 nitrogen and oxygen atoms in total. The Morgan fingerprint density at radius 2 is 1.52 bits per heavy atom. The first-order chi connectivity index (χ1) is 15.9. The minimum atomic E-state index is -0.527. The number of hydrogen-bond donors (Lipinski definition) is 0. The highest BCUT2D eigenvalue weighted by molar-refractivity contribution is 9.11. The van der Waals surface area contributed by atoms with Crippen LogP contribution in [-0.4, -0.2) is 11.6 Å². The molecule has 7 heteroatoms. The van der Waals surface area contributed by atoms with Crippen molar-refractivity contribution >= 4 is 43.4 Å². The molecule has 0 saturated heterocycles. The number of hydrogen-bond acceptors (Lipinski definition) is 4. The van der Waals surface area contributed by atoms with Crippen molar-refractivity contribution in [2.75, 3.05) is 0 Å². The molecule has 0 bridgehead atoms. The quantitative estimate of drug-likeness (QED) is 0.392. The summed E-state index contributed by atoms with van der Waals surface area (Å²) >= 11 is 7.17. The molecule has 0 unspecified atom stereocenters. The van der Waals surface area contributed by atoms with Crippen molar-refractivity contribution in [3.8, 4) is 5.75 Å². The maximum atomic E-state index is 13.3. The van der Waals surface area contributed by atoms with Gasteiger partial charge in [0.15, 0.2) is 11.6 Å². The van der Waals surface area contributed by atoms with E-state index in [2.05, 4.69) is 31.9 Å². The fourth-order valence-electron chi connectivity index (χ4n) is 4.81. The Bertz CT molecular complexity index is 1170. The van der Waals surface area contributed by atoms with Crippen LogP contribution in [0.4, 0.5) is 4.39 Å². The van der Waals surface area contributed by atoms with Gasteiger partial charge in [-0.15, -0.1) is 0 Å². The van der Waals surface area contributed by atoms with Crippen molar-refractivity contribution < 1.29 is 23.5 Å². The molecule has 0 aromatic heterocycles. The molecule has 2 aromatic rings. The number of carbonyl (C=O) groups is 2. The third-order valence-electron chi connectivity index (χ3n) is 6.29. The minimum Gasteiger partial charge on any atom is -0.487 e. The molecule has 0 atom stereocenters. The molecular weight excluding hydrogens is 555 g/mol. The van der Waals surface area contributed by atoms with E-state index in [0.717, 1.165) is 28.4 Å². The van der Waals surface area contributed by atoms with Crippen LogP contribution in [0.15, 0.2) is 68.0 Å². The second-order valence-electron chi connectivity index (χ2n) is 8.48. The number of benzene rings is 2. The smallest absolute Gasteiger partial charge is 0.163 e. The molecule has 0 amide bonds. The van der Waals surface area contributed by atoms with Gasteiger partial charge in [-0.2, -0.15) is 0 Å². The summed E-state index contributed by atoms with van der Waals surface area (Å²) in [6.07, 6.45) is 3.74. The molecule has 170 valence electrons. The zero-order valence-corrected chi connectivity index (χ0v) is 20.9. The molecule has 2 aliphatic carbocycles. The summed E-state index contributed by atoms with van der Waals surface area (Å²) in [6, 6.07) is 9.92. The second kappa shape index (κ2) is 9.18. The number of Topliss-reactive ketones (excluding diaryl/α,β-unsaturated/α-hetero) is 2. The third kappa shape index (κ3) is 4.33. The van der Waals surface area contributed by atoms with Crippen LogP contribution in [0.1, 0.15) is 55.6 Å². The van der Waals surface area contributed by atoms with Crippen molar-refractivity contribution in [1.82, 2.24) is 0 Å². The fraction of sp³-hybridized carbons (Fsp3) is 0.308. The Morgan fingerprint density at radius 3 is 2.12 bits per heavy atom. The maximum absolute atomic E-state index is 13.3. The first-order valence-electron chi connectivity index (χ1n) is 11.0. The lowest BCUT2D eigenvalue weighted by Crippen LogP contribution is -2.30. The zero-order chi connectivity index (χ0) is 23.1. The summed E-state index contributed by atoms with van der Waals surface area (Å²) in [7, 11) is 0. The molecule has 0 spiro atoms. The fourth-order valence-corrected chi connectivity index (χ4v) is 6.18. The van der Waals surface area contributed by atoms with Gasteiger partial charge < -0.3 is 9.47 Å². The van der Waals surface area contributed by atoms with Gasteiger partial charge >= 0.3 is 0 Å². The molecule has 0 saturated carbocycles. The van der Waals surface area contributed by atoms with Gasteiger partial charge in [0, 0.05) is 46.9 Å². The minimum absolute atomic E-state index is 0.0201. The highest BCUT2D eigenvalue weighted by atomic mass is 79.9. The van der Waals surface area contributed by atoms with Gasteiger partial charge in [-0.25, -0.2) is 4.39 Å². The number of halogens is 3. The Kier molecular flexibility index (Phi) is 6.27. The van der Waals surface area contributed by atoms with E-state index in [9.17, 15) is 14.0 Å². The first-order valence-corrected chi connectivity index (χ1v) is 12.6. The van der Waals surface area contributed by atoms with Crippen LogP contribution >= 0.6 is 31.9 Å². The van der Waals surface area contributed by atoms with Crippen LogP contribution in [0.5, 0.6) is 5.75 Å². The van der Waals surface area contributed by atoms with Gasteiger partial charge in [0.05, 0.1) is 10.4 Å². The van der Waals surface area contributed by atoms with Crippen LogP contribution in [0.25, 0.3) is 0 Å². The predicted molar refractivity (Wildman–Crippen MR) is 128 cm³/mol. The van der Waals surface area contributed by atoms with Crippen LogP contribution in [0.3, 0.4) is 0 Å². The van der Waals surface area contributed by atoms with Gasteiger partial charge in [0.1, 0.15) is 29.7 Å². The van der Waals surface area contributed by atoms with Crippen LogP contribution in [-0.2, 0) is 20.9 Å². The Labute approximate surface area is 208 Å². The Balaban J connectivity index is 1.63. The van der Waals surface area contributed by atoms with Crippen molar-refractivity contribution in [3.63, 3.8) is 0 Å². The summed E-state index contributed by atoms with van der Waals surface area (Å²) in [6.45, 7) is 0.219. The van der Waals surface area contributed by atoms with E-state index in [1.54, 1.807) is 12.1 Å². The van der Waals surface area contributed by atoms with Gasteiger partial charge in [0.25, 0.3) is 0 Å². The van der Waals surface area contributed by atoms with E-state index in [4.69, 9.17) is 9.47 Å². The van der Waals surface area contributed by atoms with Crippen LogP contribution in [0, 0.1) is 5.82 Å². The second-order valence-corrected chi connectivity index (χ2v) is 10.3. The molecule has 0 radical (unpaired) electrons. The van der Waals surface area contributed by atoms with Crippen molar-refractivity contribution in [1.29, 1.82) is 0 Å². The lowest BCUT2D eigenvalue weighted by atomic mass is 9.73. The molecule has 0 fully saturated rings. The average Bonchev–Trinajstić information content (AvgIpc) is 2.78. The average molecular weight is 576 g/mol. The lowest BCUT2D eigenvalue weighted by molar-refractivity contribution is -0.117. The van der Waals surface area contributed by atoms with E-state index in [1.165, 1.54) is 12.1 Å². The Hall–Kier alpha value is -2.25. The van der Waals surface area contributed by atoms with Gasteiger partial charge in [-0.05, 0) is 58.6 Å². The van der Waals surface area contributed by atoms with Crippen molar-refractivity contribution in [2.24, 2.45) is 0 Å². The summed E-state index contributed by atoms with van der Waals surface area (Å²) in [5.74, 6) is 1.14. The Morgan fingerprint density at radius 1 is 0.909 bits per heavy atom. The maximum Gasteiger partial charge on any atom is 0.163 e. The molecule has 33 heavy (non-hydrogen) atoms. The largest absolute Gasteiger partial charge is 0.487 e. The first kappa shape index (κ1) is 22.5. The number of rotatable bonds is 4. The topological polar surface area (TPSA) is 52.6 Å².